The van der Waals surface area contributed by atoms with Crippen LogP contribution in [0.2, 0.25) is 0 Å². The summed E-state index contributed by atoms with van der Waals surface area (Å²) in [4.78, 5) is 10.8. The van der Waals surface area contributed by atoms with Gasteiger partial charge in [0.1, 0.15) is 0 Å². The van der Waals surface area contributed by atoms with Gasteiger partial charge in [-0.25, -0.2) is 0 Å². The highest BCUT2D eigenvalue weighted by Gasteiger charge is 2.00. The zero-order valence-corrected chi connectivity index (χ0v) is 10.2. The molecule has 0 heterocycles. The maximum absolute atomic E-state index is 10.8. The predicted molar refractivity (Wildman–Crippen MR) is 63.4 cm³/mol. The molecular weight excluding hydrogens is 188 g/mol. The van der Waals surface area contributed by atoms with Crippen LogP contribution in [0.15, 0.2) is 24.0 Å². The summed E-state index contributed by atoms with van der Waals surface area (Å²) in [7, 11) is 0. The molecule has 0 rings (SSSR count). The van der Waals surface area contributed by atoms with Crippen LogP contribution >= 0.6 is 0 Å². The quantitative estimate of drug-likeness (QED) is 0.378. The fraction of sp³-hybridized carbons (Fsp3) is 0.615. The molecule has 0 spiro atoms. The number of carbonyl (C=O) groups excluding carboxylic acids is 1. The van der Waals surface area contributed by atoms with Crippen molar-refractivity contribution in [3.8, 4) is 0 Å². The molecule has 0 radical (unpaired) electrons. The molecule has 0 aliphatic heterocycles. The molecular formula is C13H22O2. The molecule has 0 aromatic heterocycles. The van der Waals surface area contributed by atoms with Gasteiger partial charge in [-0.3, -0.25) is 4.79 Å². The van der Waals surface area contributed by atoms with E-state index in [9.17, 15) is 4.79 Å². The van der Waals surface area contributed by atoms with Gasteiger partial charge in [0, 0.05) is 6.42 Å². The summed E-state index contributed by atoms with van der Waals surface area (Å²) >= 11 is 0. The fourth-order valence-electron chi connectivity index (χ4n) is 1.25. The van der Waals surface area contributed by atoms with Crippen molar-refractivity contribution < 1.29 is 9.53 Å². The molecule has 0 saturated carbocycles. The van der Waals surface area contributed by atoms with Gasteiger partial charge in [-0.15, -0.1) is 0 Å². The highest BCUT2D eigenvalue weighted by atomic mass is 16.5. The minimum absolute atomic E-state index is 0.177. The highest BCUT2D eigenvalue weighted by molar-refractivity contribution is 5.69. The number of hydrogen-bond donors (Lipinski definition) is 0. The van der Waals surface area contributed by atoms with Crippen LogP contribution in [0.3, 0.4) is 0 Å². The topological polar surface area (TPSA) is 26.3 Å². The molecule has 0 amide bonds. The summed E-state index contributed by atoms with van der Waals surface area (Å²) in [6.07, 6.45) is 8.04. The molecule has 0 aliphatic rings. The number of carbonyl (C=O) groups is 1. The van der Waals surface area contributed by atoms with E-state index in [1.54, 1.807) is 6.92 Å². The largest absolute Gasteiger partial charge is 0.435 e. The van der Waals surface area contributed by atoms with Gasteiger partial charge in [0.15, 0.2) is 0 Å². The van der Waals surface area contributed by atoms with Crippen molar-refractivity contribution in [1.29, 1.82) is 0 Å². The molecule has 0 saturated heterocycles. The Morgan fingerprint density at radius 3 is 2.67 bits per heavy atom. The molecule has 1 unspecified atom stereocenters. The van der Waals surface area contributed by atoms with Gasteiger partial charge in [0.25, 0.3) is 0 Å². The summed E-state index contributed by atoms with van der Waals surface area (Å²) in [5.41, 5.74) is 1.40. The van der Waals surface area contributed by atoms with Crippen molar-refractivity contribution in [3.05, 3.63) is 24.0 Å². The number of rotatable bonds is 6. The van der Waals surface area contributed by atoms with Gasteiger partial charge in [-0.2, -0.15) is 0 Å². The average Bonchev–Trinajstić information content (AvgIpc) is 2.23. The Bertz CT molecular complexity index is 239. The first-order chi connectivity index (χ1) is 7.10. The molecule has 2 heteroatoms. The van der Waals surface area contributed by atoms with E-state index >= 15 is 0 Å². The second-order valence-corrected chi connectivity index (χ2v) is 3.90. The summed E-state index contributed by atoms with van der Waals surface area (Å²) in [5, 5.41) is 0. The molecule has 1 atom stereocenters. The van der Waals surface area contributed by atoms with Crippen molar-refractivity contribution >= 4 is 5.97 Å². The normalized spacial score (nSPS) is 14.3. The minimum Gasteiger partial charge on any atom is -0.435 e. The Kier molecular flexibility index (Phi) is 7.69. The van der Waals surface area contributed by atoms with Gasteiger partial charge in [0.2, 0.25) is 0 Å². The zero-order valence-electron chi connectivity index (χ0n) is 10.2. The second-order valence-electron chi connectivity index (χ2n) is 3.90. The van der Waals surface area contributed by atoms with Crippen LogP contribution in [0, 0.1) is 5.92 Å². The van der Waals surface area contributed by atoms with E-state index in [0.29, 0.717) is 12.3 Å². The number of esters is 1. The number of ether oxygens (including phenoxy) is 1. The molecule has 0 aromatic carbocycles. The molecule has 2 nitrogen and oxygen atoms in total. The summed E-state index contributed by atoms with van der Waals surface area (Å²) in [5.74, 6) is 0.418. The summed E-state index contributed by atoms with van der Waals surface area (Å²) < 4.78 is 4.84. The lowest BCUT2D eigenvalue weighted by Gasteiger charge is -2.08. The predicted octanol–water partition coefficient (Wildman–Crippen LogP) is 3.84. The average molecular weight is 210 g/mol. The molecule has 0 bridgehead atoms. The van der Waals surface area contributed by atoms with E-state index in [4.69, 9.17) is 4.74 Å². The van der Waals surface area contributed by atoms with Crippen LogP contribution in [0.5, 0.6) is 0 Å². The highest BCUT2D eigenvalue weighted by Crippen LogP contribution is 2.14. The lowest BCUT2D eigenvalue weighted by Crippen LogP contribution is -1.96. The molecule has 0 fully saturated rings. The van der Waals surface area contributed by atoms with Crippen LogP contribution in [0.1, 0.15) is 47.0 Å². The van der Waals surface area contributed by atoms with Crippen LogP contribution in [-0.2, 0) is 9.53 Å². The lowest BCUT2D eigenvalue weighted by molar-refractivity contribution is -0.137. The maximum Gasteiger partial charge on any atom is 0.310 e. The second kappa shape index (κ2) is 8.27. The summed E-state index contributed by atoms with van der Waals surface area (Å²) in [6, 6.07) is 0. The van der Waals surface area contributed by atoms with Crippen LogP contribution in [0.4, 0.5) is 0 Å². The van der Waals surface area contributed by atoms with Gasteiger partial charge >= 0.3 is 5.97 Å². The van der Waals surface area contributed by atoms with E-state index < -0.39 is 0 Å². The molecule has 0 aromatic rings. The van der Waals surface area contributed by atoms with E-state index in [0.717, 1.165) is 12.8 Å². The lowest BCUT2D eigenvalue weighted by atomic mass is 9.99. The van der Waals surface area contributed by atoms with E-state index in [-0.39, 0.29) is 5.97 Å². The molecule has 0 aliphatic carbocycles. The van der Waals surface area contributed by atoms with Crippen LogP contribution in [-0.4, -0.2) is 5.97 Å². The number of hydrogen-bond acceptors (Lipinski definition) is 2. The first kappa shape index (κ1) is 13.9. The third kappa shape index (κ3) is 7.98. The van der Waals surface area contributed by atoms with Crippen molar-refractivity contribution in [2.45, 2.75) is 47.0 Å². The van der Waals surface area contributed by atoms with E-state index in [1.807, 2.05) is 6.08 Å². The van der Waals surface area contributed by atoms with Gasteiger partial charge in [0.05, 0.1) is 6.26 Å². The van der Waals surface area contributed by atoms with Crippen LogP contribution in [0.25, 0.3) is 0 Å². The minimum atomic E-state index is -0.177. The Hall–Kier alpha value is -1.05. The maximum atomic E-state index is 10.8. The third-order valence-corrected chi connectivity index (χ3v) is 2.29. The van der Waals surface area contributed by atoms with Gasteiger partial charge < -0.3 is 4.74 Å². The molecule has 0 N–H and O–H groups in total. The number of allylic oxidation sites excluding steroid dienone is 3. The Balaban J connectivity index is 3.70. The SMILES string of the molecule is C/C=C(\C)CC(C)C/C=C/OC(=O)CC. The van der Waals surface area contributed by atoms with Gasteiger partial charge in [-0.05, 0) is 38.7 Å². The van der Waals surface area contributed by atoms with Crippen molar-refractivity contribution in [2.24, 2.45) is 5.92 Å². The third-order valence-electron chi connectivity index (χ3n) is 2.29. The first-order valence-electron chi connectivity index (χ1n) is 5.56. The van der Waals surface area contributed by atoms with E-state index in [1.165, 1.54) is 11.8 Å². The molecule has 86 valence electrons. The Labute approximate surface area is 93.0 Å². The smallest absolute Gasteiger partial charge is 0.310 e. The Morgan fingerprint density at radius 2 is 2.13 bits per heavy atom. The first-order valence-corrected chi connectivity index (χ1v) is 5.56. The molecule has 15 heavy (non-hydrogen) atoms. The van der Waals surface area contributed by atoms with Crippen molar-refractivity contribution in [2.75, 3.05) is 0 Å². The standard InChI is InChI=1S/C13H22O2/c1-5-11(3)10-12(4)8-7-9-15-13(14)6-2/h5,7,9,12H,6,8,10H2,1-4H3/b9-7+,11-5+. The van der Waals surface area contributed by atoms with Crippen LogP contribution < -0.4 is 0 Å². The Morgan fingerprint density at radius 1 is 1.47 bits per heavy atom. The summed E-state index contributed by atoms with van der Waals surface area (Å²) in [6.45, 7) is 8.17. The van der Waals surface area contributed by atoms with E-state index in [2.05, 4.69) is 26.8 Å². The monoisotopic (exact) mass is 210 g/mol. The van der Waals surface area contributed by atoms with Crippen molar-refractivity contribution in [1.82, 2.24) is 0 Å². The zero-order chi connectivity index (χ0) is 11.7. The fourth-order valence-corrected chi connectivity index (χ4v) is 1.25. The van der Waals surface area contributed by atoms with Gasteiger partial charge in [-0.1, -0.05) is 25.5 Å². The van der Waals surface area contributed by atoms with Crippen molar-refractivity contribution in [3.63, 3.8) is 0 Å².